The van der Waals surface area contributed by atoms with E-state index < -0.39 is 0 Å². The molecule has 2 heteroatoms. The first-order valence-corrected chi connectivity index (χ1v) is 10.6. The molecule has 1 nitrogen and oxygen atoms in total. The topological polar surface area (TPSA) is 9.23 Å². The summed E-state index contributed by atoms with van der Waals surface area (Å²) in [6, 6.07) is 19.4. The van der Waals surface area contributed by atoms with Crippen molar-refractivity contribution in [3.8, 4) is 16.9 Å². The van der Waals surface area contributed by atoms with Crippen molar-refractivity contribution in [2.45, 2.75) is 59.5 Å². The van der Waals surface area contributed by atoms with E-state index in [0.29, 0.717) is 12.2 Å². The first-order valence-electron chi connectivity index (χ1n) is 10.6. The Hall–Kier alpha value is -2.61. The summed E-state index contributed by atoms with van der Waals surface area (Å²) >= 11 is 0. The van der Waals surface area contributed by atoms with Gasteiger partial charge in [-0.2, -0.15) is 0 Å². The molecule has 0 atom stereocenters. The molecule has 0 N–H and O–H groups in total. The average molecular weight is 391 g/mol. The molecular formula is C27H31FO. The first-order chi connectivity index (χ1) is 14.1. The Morgan fingerprint density at radius 3 is 2.34 bits per heavy atom. The van der Waals surface area contributed by atoms with Crippen molar-refractivity contribution in [3.05, 3.63) is 88.7 Å². The molecule has 0 aliphatic heterocycles. The zero-order valence-electron chi connectivity index (χ0n) is 17.8. The lowest BCUT2D eigenvalue weighted by molar-refractivity contribution is 0.306. The van der Waals surface area contributed by atoms with Gasteiger partial charge >= 0.3 is 0 Å². The quantitative estimate of drug-likeness (QED) is 0.338. The summed E-state index contributed by atoms with van der Waals surface area (Å²) in [4.78, 5) is 0. The molecule has 0 heterocycles. The van der Waals surface area contributed by atoms with Crippen LogP contribution in [0.5, 0.6) is 5.75 Å². The lowest BCUT2D eigenvalue weighted by atomic mass is 9.98. The third-order valence-corrected chi connectivity index (χ3v) is 5.47. The minimum atomic E-state index is -0.190. The lowest BCUT2D eigenvalue weighted by Crippen LogP contribution is -1.98. The zero-order chi connectivity index (χ0) is 20.6. The van der Waals surface area contributed by atoms with Crippen LogP contribution < -0.4 is 4.74 Å². The van der Waals surface area contributed by atoms with Crippen molar-refractivity contribution in [1.82, 2.24) is 0 Å². The highest BCUT2D eigenvalue weighted by molar-refractivity contribution is 5.68. The number of ether oxygens (including phenoxy) is 1. The van der Waals surface area contributed by atoms with Crippen LogP contribution in [0.3, 0.4) is 0 Å². The van der Waals surface area contributed by atoms with Gasteiger partial charge < -0.3 is 4.74 Å². The number of halogens is 1. The third-order valence-electron chi connectivity index (χ3n) is 5.47. The molecule has 0 aliphatic carbocycles. The van der Waals surface area contributed by atoms with Gasteiger partial charge in [-0.1, -0.05) is 68.7 Å². The SMILES string of the molecule is CCCCCCc1ccc(OCc2ccc(-c3ccccc3F)c(C)c2)cc1C. The van der Waals surface area contributed by atoms with Gasteiger partial charge in [0.05, 0.1) is 0 Å². The van der Waals surface area contributed by atoms with Crippen LogP contribution in [0.1, 0.15) is 54.9 Å². The summed E-state index contributed by atoms with van der Waals surface area (Å²) in [7, 11) is 0. The molecule has 0 radical (unpaired) electrons. The van der Waals surface area contributed by atoms with Gasteiger partial charge in [0.25, 0.3) is 0 Å². The van der Waals surface area contributed by atoms with Crippen LogP contribution in [0.2, 0.25) is 0 Å². The molecule has 0 amide bonds. The van der Waals surface area contributed by atoms with Gasteiger partial charge in [0, 0.05) is 5.56 Å². The van der Waals surface area contributed by atoms with E-state index in [1.807, 2.05) is 31.2 Å². The lowest BCUT2D eigenvalue weighted by Gasteiger charge is -2.12. The minimum Gasteiger partial charge on any atom is -0.489 e. The molecule has 3 rings (SSSR count). The standard InChI is InChI=1S/C27H31FO/c1-4-5-6-7-10-23-14-15-24(18-20(23)2)29-19-22-13-16-25(21(3)17-22)26-11-8-9-12-27(26)28/h8-9,11-18H,4-7,10,19H2,1-3H3. The Balaban J connectivity index is 1.62. The van der Waals surface area contributed by atoms with Crippen molar-refractivity contribution in [3.63, 3.8) is 0 Å². The van der Waals surface area contributed by atoms with Gasteiger partial charge in [0.1, 0.15) is 18.2 Å². The van der Waals surface area contributed by atoms with Crippen LogP contribution in [0, 0.1) is 19.7 Å². The average Bonchev–Trinajstić information content (AvgIpc) is 2.72. The van der Waals surface area contributed by atoms with Crippen molar-refractivity contribution in [2.24, 2.45) is 0 Å². The van der Waals surface area contributed by atoms with E-state index in [1.54, 1.807) is 6.07 Å². The molecule has 0 spiro atoms. The minimum absolute atomic E-state index is 0.190. The number of rotatable bonds is 9. The van der Waals surface area contributed by atoms with Gasteiger partial charge in [0.2, 0.25) is 0 Å². The van der Waals surface area contributed by atoms with Gasteiger partial charge in [0.15, 0.2) is 0 Å². The summed E-state index contributed by atoms with van der Waals surface area (Å²) < 4.78 is 20.1. The van der Waals surface area contributed by atoms with Crippen LogP contribution in [0.15, 0.2) is 60.7 Å². The molecule has 0 aliphatic rings. The summed E-state index contributed by atoms with van der Waals surface area (Å²) in [6.45, 7) is 6.93. The molecule has 0 saturated heterocycles. The van der Waals surface area contributed by atoms with Crippen LogP contribution in [0.4, 0.5) is 4.39 Å². The van der Waals surface area contributed by atoms with E-state index in [2.05, 4.69) is 38.1 Å². The molecule has 3 aromatic carbocycles. The second kappa shape index (κ2) is 10.2. The number of hydrogen-bond acceptors (Lipinski definition) is 1. The Labute approximate surface area is 174 Å². The van der Waals surface area contributed by atoms with E-state index in [4.69, 9.17) is 4.74 Å². The fraction of sp³-hybridized carbons (Fsp3) is 0.333. The summed E-state index contributed by atoms with van der Waals surface area (Å²) in [5.74, 6) is 0.709. The van der Waals surface area contributed by atoms with Gasteiger partial charge in [-0.15, -0.1) is 0 Å². The Morgan fingerprint density at radius 1 is 0.793 bits per heavy atom. The highest BCUT2D eigenvalue weighted by Gasteiger charge is 2.08. The summed E-state index contributed by atoms with van der Waals surface area (Å²) in [5.41, 5.74) is 6.42. The summed E-state index contributed by atoms with van der Waals surface area (Å²) in [6.07, 6.45) is 6.28. The Kier molecular flexibility index (Phi) is 7.46. The van der Waals surface area contributed by atoms with E-state index >= 15 is 0 Å². The number of hydrogen-bond donors (Lipinski definition) is 0. The zero-order valence-corrected chi connectivity index (χ0v) is 17.8. The van der Waals surface area contributed by atoms with E-state index in [9.17, 15) is 4.39 Å². The van der Waals surface area contributed by atoms with E-state index in [-0.39, 0.29) is 5.82 Å². The van der Waals surface area contributed by atoms with Crippen molar-refractivity contribution in [1.29, 1.82) is 0 Å². The molecule has 29 heavy (non-hydrogen) atoms. The largest absolute Gasteiger partial charge is 0.489 e. The van der Waals surface area contributed by atoms with Gasteiger partial charge in [-0.3, -0.25) is 0 Å². The Morgan fingerprint density at radius 2 is 1.62 bits per heavy atom. The second-order valence-electron chi connectivity index (χ2n) is 7.82. The molecule has 0 fully saturated rings. The van der Waals surface area contributed by atoms with Crippen molar-refractivity contribution < 1.29 is 9.13 Å². The smallest absolute Gasteiger partial charge is 0.131 e. The van der Waals surface area contributed by atoms with Crippen molar-refractivity contribution in [2.75, 3.05) is 0 Å². The summed E-state index contributed by atoms with van der Waals surface area (Å²) in [5, 5.41) is 0. The highest BCUT2D eigenvalue weighted by Crippen LogP contribution is 2.27. The maximum Gasteiger partial charge on any atom is 0.131 e. The molecule has 0 bridgehead atoms. The first kappa shape index (κ1) is 21.1. The van der Waals surface area contributed by atoms with E-state index in [0.717, 1.165) is 28.9 Å². The molecule has 0 aromatic heterocycles. The van der Waals surface area contributed by atoms with Crippen LogP contribution in [-0.4, -0.2) is 0 Å². The molecular weight excluding hydrogens is 359 g/mol. The fourth-order valence-corrected chi connectivity index (χ4v) is 3.74. The second-order valence-corrected chi connectivity index (χ2v) is 7.82. The Bertz CT molecular complexity index is 945. The predicted octanol–water partition coefficient (Wildman–Crippen LogP) is 7.81. The van der Waals surface area contributed by atoms with Crippen molar-refractivity contribution >= 4 is 0 Å². The number of aryl methyl sites for hydroxylation is 3. The fourth-order valence-electron chi connectivity index (χ4n) is 3.74. The van der Waals surface area contributed by atoms with Crippen LogP contribution in [-0.2, 0) is 13.0 Å². The van der Waals surface area contributed by atoms with E-state index in [1.165, 1.54) is 42.9 Å². The highest BCUT2D eigenvalue weighted by atomic mass is 19.1. The number of unbranched alkanes of at least 4 members (excludes halogenated alkanes) is 3. The molecule has 152 valence electrons. The molecule has 0 unspecified atom stereocenters. The monoisotopic (exact) mass is 390 g/mol. The molecule has 3 aromatic rings. The maximum absolute atomic E-state index is 14.1. The maximum atomic E-state index is 14.1. The van der Waals surface area contributed by atoms with Gasteiger partial charge in [-0.25, -0.2) is 4.39 Å². The number of benzene rings is 3. The van der Waals surface area contributed by atoms with Gasteiger partial charge in [-0.05, 0) is 72.7 Å². The third kappa shape index (κ3) is 5.69. The van der Waals surface area contributed by atoms with Crippen LogP contribution >= 0.6 is 0 Å². The normalized spacial score (nSPS) is 10.9. The molecule has 0 saturated carbocycles. The predicted molar refractivity (Wildman–Crippen MR) is 120 cm³/mol. The van der Waals surface area contributed by atoms with Crippen LogP contribution in [0.25, 0.3) is 11.1 Å².